The maximum Gasteiger partial charge on any atom is 0.224 e. The molecule has 4 aromatic carbocycles. The van der Waals surface area contributed by atoms with E-state index in [1.165, 1.54) is 13.0 Å². The van der Waals surface area contributed by atoms with E-state index in [0.717, 1.165) is 27.6 Å². The number of aryl methyl sites for hydroxylation is 1. The fourth-order valence-corrected chi connectivity index (χ4v) is 7.28. The Balaban J connectivity index is 1.39. The highest BCUT2D eigenvalue weighted by molar-refractivity contribution is 5.96. The highest BCUT2D eigenvalue weighted by Gasteiger charge is 2.31. The van der Waals surface area contributed by atoms with Crippen LogP contribution in [-0.2, 0) is 28.9 Å². The molecule has 2 heterocycles. The highest BCUT2D eigenvalue weighted by atomic mass is 16.5. The van der Waals surface area contributed by atoms with Gasteiger partial charge in [0, 0.05) is 52.6 Å². The molecule has 1 aliphatic carbocycles. The number of rotatable bonds is 10. The average molecular weight is 686 g/mol. The van der Waals surface area contributed by atoms with Gasteiger partial charge in [-0.2, -0.15) is 0 Å². The Labute approximate surface area is 294 Å². The first-order valence-corrected chi connectivity index (χ1v) is 16.9. The summed E-state index contributed by atoms with van der Waals surface area (Å²) < 4.78 is 23.9. The summed E-state index contributed by atoms with van der Waals surface area (Å²) in [6.07, 6.45) is 3.66. The normalized spacial score (nSPS) is 13.6. The van der Waals surface area contributed by atoms with E-state index in [1.807, 2.05) is 66.9 Å². The van der Waals surface area contributed by atoms with E-state index in [0.29, 0.717) is 76.5 Å². The lowest BCUT2D eigenvalue weighted by molar-refractivity contribution is -0.121. The van der Waals surface area contributed by atoms with Gasteiger partial charge in [-0.1, -0.05) is 48.5 Å². The molecule has 6 aromatic rings. The summed E-state index contributed by atoms with van der Waals surface area (Å²) in [5.41, 5.74) is 6.12. The van der Waals surface area contributed by atoms with E-state index in [4.69, 9.17) is 18.6 Å². The zero-order valence-electron chi connectivity index (χ0n) is 29.0. The van der Waals surface area contributed by atoms with Gasteiger partial charge in [-0.15, -0.1) is 0 Å². The molecule has 0 saturated heterocycles. The van der Waals surface area contributed by atoms with Crippen molar-refractivity contribution in [3.8, 4) is 39.7 Å². The number of aromatic nitrogens is 1. The summed E-state index contributed by atoms with van der Waals surface area (Å²) in [5, 5.41) is 7.75. The molecule has 2 amide bonds. The molecular formula is C41H39N3O7. The number of H-pyrrole nitrogens is 1. The number of fused-ring (bicyclic) bond motifs is 5. The number of hydrogen-bond acceptors (Lipinski definition) is 7. The van der Waals surface area contributed by atoms with Crippen LogP contribution in [0.3, 0.4) is 0 Å². The molecule has 0 aliphatic heterocycles. The maximum absolute atomic E-state index is 14.2. The largest absolute Gasteiger partial charge is 0.493 e. The number of para-hydroxylation sites is 1. The van der Waals surface area contributed by atoms with Gasteiger partial charge in [0.25, 0.3) is 0 Å². The lowest BCUT2D eigenvalue weighted by Crippen LogP contribution is -2.27. The van der Waals surface area contributed by atoms with Crippen LogP contribution in [0, 0.1) is 0 Å². The number of carbonyl (C=O) groups is 2. The molecule has 51 heavy (non-hydrogen) atoms. The number of amides is 2. The fraction of sp³-hybridized carbons (Fsp3) is 0.244. The van der Waals surface area contributed by atoms with Crippen molar-refractivity contribution in [1.29, 1.82) is 0 Å². The predicted molar refractivity (Wildman–Crippen MR) is 197 cm³/mol. The summed E-state index contributed by atoms with van der Waals surface area (Å²) in [6, 6.07) is 22.4. The summed E-state index contributed by atoms with van der Waals surface area (Å²) in [6.45, 7) is 1.89. The molecule has 7 rings (SSSR count). The summed E-state index contributed by atoms with van der Waals surface area (Å²) in [7, 11) is 4.67. The SMILES string of the molecule is COc1cc2c(c(OC)c1OC)-c1cc3c(CC(=O)NCCc4c[nH]c5ccccc45)c(-c4ccccc4)oc3c(=O)cc1[C@@H](NC(C)=O)CC2. The molecule has 0 radical (unpaired) electrons. The van der Waals surface area contributed by atoms with Crippen LogP contribution in [0.1, 0.15) is 41.6 Å². The van der Waals surface area contributed by atoms with Gasteiger partial charge >= 0.3 is 0 Å². The molecule has 0 fully saturated rings. The standard InChI is InChI=1S/C41H39N3O7/c1-23(45)44-33-15-14-25-18-35(48-2)40(49-3)41(50-4)37(25)29-19-30-31(21-36(47)42-17-16-26-22-43-32-13-9-8-12-27(26)32)38(24-10-6-5-7-11-24)51-39(30)34(46)20-28(29)33/h5-13,18-20,22,33,43H,14-17,21H2,1-4H3,(H,42,47)(H,44,45)/t33-/m0/s1. The number of nitrogens with one attached hydrogen (secondary N) is 3. The van der Waals surface area contributed by atoms with Crippen molar-refractivity contribution in [1.82, 2.24) is 15.6 Å². The Hall–Kier alpha value is -6.03. The second kappa shape index (κ2) is 14.1. The molecule has 1 atom stereocenters. The van der Waals surface area contributed by atoms with E-state index in [-0.39, 0.29) is 29.2 Å². The minimum Gasteiger partial charge on any atom is -0.493 e. The monoisotopic (exact) mass is 685 g/mol. The van der Waals surface area contributed by atoms with Crippen LogP contribution in [0.4, 0.5) is 0 Å². The Morgan fingerprint density at radius 1 is 0.922 bits per heavy atom. The van der Waals surface area contributed by atoms with E-state index in [9.17, 15) is 14.4 Å². The van der Waals surface area contributed by atoms with Crippen LogP contribution >= 0.6 is 0 Å². The first-order valence-electron chi connectivity index (χ1n) is 16.9. The predicted octanol–water partition coefficient (Wildman–Crippen LogP) is 6.66. The Morgan fingerprint density at radius 2 is 1.69 bits per heavy atom. The summed E-state index contributed by atoms with van der Waals surface area (Å²) in [5.74, 6) is 1.35. The van der Waals surface area contributed by atoms with E-state index < -0.39 is 6.04 Å². The minimum atomic E-state index is -0.486. The quantitative estimate of drug-likeness (QED) is 0.147. The van der Waals surface area contributed by atoms with Gasteiger partial charge in [0.15, 0.2) is 17.1 Å². The van der Waals surface area contributed by atoms with Crippen molar-refractivity contribution >= 4 is 33.7 Å². The summed E-state index contributed by atoms with van der Waals surface area (Å²) >= 11 is 0. The van der Waals surface area contributed by atoms with Gasteiger partial charge in [0.2, 0.25) is 23.0 Å². The number of methoxy groups -OCH3 is 3. The van der Waals surface area contributed by atoms with Crippen LogP contribution < -0.4 is 30.3 Å². The van der Waals surface area contributed by atoms with Crippen molar-refractivity contribution in [3.63, 3.8) is 0 Å². The number of hydrogen-bond donors (Lipinski definition) is 3. The van der Waals surface area contributed by atoms with Crippen molar-refractivity contribution in [2.24, 2.45) is 0 Å². The third-order valence-electron chi connectivity index (χ3n) is 9.56. The third-order valence-corrected chi connectivity index (χ3v) is 9.56. The van der Waals surface area contributed by atoms with E-state index in [2.05, 4.69) is 21.7 Å². The molecule has 3 N–H and O–H groups in total. The van der Waals surface area contributed by atoms with Gasteiger partial charge < -0.3 is 34.2 Å². The van der Waals surface area contributed by atoms with Crippen LogP contribution in [0.2, 0.25) is 0 Å². The number of aromatic amines is 1. The van der Waals surface area contributed by atoms with Crippen molar-refractivity contribution in [2.45, 2.75) is 38.6 Å². The van der Waals surface area contributed by atoms with Gasteiger partial charge in [-0.3, -0.25) is 14.4 Å². The molecular weight excluding hydrogens is 646 g/mol. The molecule has 0 unspecified atom stereocenters. The van der Waals surface area contributed by atoms with Crippen molar-refractivity contribution in [2.75, 3.05) is 27.9 Å². The topological polar surface area (TPSA) is 132 Å². The van der Waals surface area contributed by atoms with Crippen LogP contribution in [-0.4, -0.2) is 44.7 Å². The maximum atomic E-state index is 14.2. The zero-order chi connectivity index (χ0) is 35.6. The fourth-order valence-electron chi connectivity index (χ4n) is 7.28. The second-order valence-corrected chi connectivity index (χ2v) is 12.6. The Kier molecular flexibility index (Phi) is 9.23. The zero-order valence-corrected chi connectivity index (χ0v) is 29.0. The first kappa shape index (κ1) is 33.5. The molecule has 0 bridgehead atoms. The van der Waals surface area contributed by atoms with Crippen LogP contribution in [0.25, 0.3) is 44.3 Å². The molecule has 10 nitrogen and oxygen atoms in total. The lowest BCUT2D eigenvalue weighted by Gasteiger charge is -2.20. The van der Waals surface area contributed by atoms with Crippen molar-refractivity contribution < 1.29 is 28.2 Å². The molecule has 260 valence electrons. The molecule has 1 aliphatic rings. The van der Waals surface area contributed by atoms with E-state index in [1.54, 1.807) is 21.3 Å². The lowest BCUT2D eigenvalue weighted by atomic mass is 9.94. The van der Waals surface area contributed by atoms with Crippen LogP contribution in [0.5, 0.6) is 17.2 Å². The third kappa shape index (κ3) is 6.29. The van der Waals surface area contributed by atoms with Gasteiger partial charge in [0.05, 0.1) is 33.8 Å². The van der Waals surface area contributed by atoms with Gasteiger partial charge in [-0.05, 0) is 65.8 Å². The Morgan fingerprint density at radius 3 is 2.43 bits per heavy atom. The van der Waals surface area contributed by atoms with Crippen LogP contribution in [0.15, 0.2) is 88.2 Å². The molecule has 0 spiro atoms. The van der Waals surface area contributed by atoms with Crippen molar-refractivity contribution in [3.05, 3.63) is 111 Å². The van der Waals surface area contributed by atoms with Gasteiger partial charge in [-0.25, -0.2) is 0 Å². The van der Waals surface area contributed by atoms with E-state index >= 15 is 0 Å². The molecule has 10 heteroatoms. The average Bonchev–Trinajstić information content (AvgIpc) is 3.63. The second-order valence-electron chi connectivity index (χ2n) is 12.6. The Bertz CT molecular complexity index is 2340. The summed E-state index contributed by atoms with van der Waals surface area (Å²) in [4.78, 5) is 43.7. The first-order chi connectivity index (χ1) is 24.8. The minimum absolute atomic E-state index is 0.0333. The smallest absolute Gasteiger partial charge is 0.224 e. The highest BCUT2D eigenvalue weighted by Crippen LogP contribution is 2.51. The molecule has 2 aromatic heterocycles. The molecule has 0 saturated carbocycles. The number of furan rings is 1. The number of benzene rings is 3. The number of carbonyl (C=O) groups excluding carboxylic acids is 2. The van der Waals surface area contributed by atoms with Gasteiger partial charge in [0.1, 0.15) is 5.76 Å². The number of ether oxygens (including phenoxy) is 3.